The van der Waals surface area contributed by atoms with Crippen molar-refractivity contribution in [2.45, 2.75) is 37.7 Å². The highest BCUT2D eigenvalue weighted by Gasteiger charge is 2.17. The molecule has 0 radical (unpaired) electrons. The quantitative estimate of drug-likeness (QED) is 0.224. The summed E-state index contributed by atoms with van der Waals surface area (Å²) in [5.74, 6) is 0.757. The van der Waals surface area contributed by atoms with E-state index in [0.29, 0.717) is 11.2 Å². The Bertz CT molecular complexity index is 1450. The number of hydrogen-bond acceptors (Lipinski definition) is 5. The number of benzene rings is 2. The van der Waals surface area contributed by atoms with Crippen LogP contribution in [0.5, 0.6) is 0 Å². The molecule has 0 spiro atoms. The molecule has 5 aromatic rings. The van der Waals surface area contributed by atoms with Gasteiger partial charge < -0.3 is 0 Å². The van der Waals surface area contributed by atoms with Crippen molar-refractivity contribution in [3.05, 3.63) is 99.5 Å². The molecule has 0 aliphatic heterocycles. The van der Waals surface area contributed by atoms with E-state index in [2.05, 4.69) is 67.4 Å². The van der Waals surface area contributed by atoms with Gasteiger partial charge >= 0.3 is 0 Å². The topological polar surface area (TPSA) is 47.8 Å². The Balaban J connectivity index is 1.60. The smallest absolute Gasteiger partial charge is 0.272 e. The summed E-state index contributed by atoms with van der Waals surface area (Å²) in [6.07, 6.45) is 2.76. The molecule has 6 heteroatoms. The van der Waals surface area contributed by atoms with E-state index in [4.69, 9.17) is 4.98 Å². The summed E-state index contributed by atoms with van der Waals surface area (Å²) in [4.78, 5) is 23.9. The number of fused-ring (bicyclic) bond motifs is 3. The van der Waals surface area contributed by atoms with Gasteiger partial charge in [0.25, 0.3) is 5.56 Å². The molecule has 0 aliphatic carbocycles. The maximum Gasteiger partial charge on any atom is 0.272 e. The molecule has 0 aliphatic rings. The Morgan fingerprint density at radius 1 is 0.969 bits per heavy atom. The number of thioether (sulfide) groups is 1. The first-order valence-electron chi connectivity index (χ1n) is 10.7. The lowest BCUT2D eigenvalue weighted by Gasteiger charge is -2.13. The van der Waals surface area contributed by atoms with Crippen LogP contribution in [-0.2, 0) is 18.7 Å². The van der Waals surface area contributed by atoms with Gasteiger partial charge in [-0.05, 0) is 42.2 Å². The van der Waals surface area contributed by atoms with Crippen molar-refractivity contribution in [2.75, 3.05) is 0 Å². The van der Waals surface area contributed by atoms with Crippen molar-refractivity contribution in [1.29, 1.82) is 0 Å². The van der Waals surface area contributed by atoms with Gasteiger partial charge in [0.05, 0.1) is 12.1 Å². The number of nitrogens with zero attached hydrogens (tertiary/aromatic N) is 3. The summed E-state index contributed by atoms with van der Waals surface area (Å²) in [5, 5.41) is 1.69. The minimum absolute atomic E-state index is 0.00368. The van der Waals surface area contributed by atoms with E-state index in [1.807, 2.05) is 16.7 Å². The first kappa shape index (κ1) is 20.9. The number of rotatable bonds is 6. The molecular weight excluding hydrogens is 434 g/mol. The number of aryl methyl sites for hydroxylation is 2. The van der Waals surface area contributed by atoms with Gasteiger partial charge in [-0.15, -0.1) is 11.3 Å². The van der Waals surface area contributed by atoms with Crippen LogP contribution in [-0.4, -0.2) is 14.5 Å². The van der Waals surface area contributed by atoms with E-state index >= 15 is 0 Å². The molecule has 3 aromatic heterocycles. The largest absolute Gasteiger partial charge is 0.282 e. The third kappa shape index (κ3) is 4.08. The molecule has 0 saturated carbocycles. The zero-order chi connectivity index (χ0) is 22.1. The summed E-state index contributed by atoms with van der Waals surface area (Å²) >= 11 is 3.04. The zero-order valence-electron chi connectivity index (χ0n) is 18.0. The van der Waals surface area contributed by atoms with Crippen molar-refractivity contribution >= 4 is 43.5 Å². The van der Waals surface area contributed by atoms with Crippen molar-refractivity contribution < 1.29 is 0 Å². The molecular formula is C26H23N3OS2. The van der Waals surface area contributed by atoms with Crippen LogP contribution in [0.4, 0.5) is 0 Å². The normalized spacial score (nSPS) is 11.4. The average molecular weight is 458 g/mol. The molecule has 0 N–H and O–H groups in total. The molecule has 0 unspecified atom stereocenters. The molecule has 2 aromatic carbocycles. The summed E-state index contributed by atoms with van der Waals surface area (Å²) in [6.45, 7) is 4.74. The lowest BCUT2D eigenvalue weighted by atomic mass is 10.1. The molecule has 3 heterocycles. The number of thiophene rings is 1. The Labute approximate surface area is 195 Å². The first-order valence-corrected chi connectivity index (χ1v) is 12.5. The van der Waals surface area contributed by atoms with E-state index in [0.717, 1.165) is 38.6 Å². The fraction of sp³-hybridized carbons (Fsp3) is 0.192. The van der Waals surface area contributed by atoms with Crippen molar-refractivity contribution in [1.82, 2.24) is 14.5 Å². The molecule has 0 amide bonds. The molecule has 4 nitrogen and oxygen atoms in total. The predicted octanol–water partition coefficient (Wildman–Crippen LogP) is 6.22. The predicted molar refractivity (Wildman–Crippen MR) is 135 cm³/mol. The summed E-state index contributed by atoms with van der Waals surface area (Å²) in [5.41, 5.74) is 5.60. The standard InChI is InChI=1S/C26H23N3OS2/c1-3-18-10-12-19(13-11-18)15-29-25(30)23-22(21-5-4-14-27-24(21)32-23)28-26(29)31-16-20-8-6-17(2)7-9-20/h4-14H,3,15-16H2,1-2H3. The maximum atomic E-state index is 13.6. The van der Waals surface area contributed by atoms with Gasteiger partial charge in [0, 0.05) is 17.3 Å². The molecule has 0 saturated heterocycles. The van der Waals surface area contributed by atoms with Crippen LogP contribution in [0.25, 0.3) is 20.4 Å². The van der Waals surface area contributed by atoms with E-state index in [-0.39, 0.29) is 5.56 Å². The Morgan fingerprint density at radius 2 is 1.69 bits per heavy atom. The van der Waals surface area contributed by atoms with Crippen molar-refractivity contribution in [3.63, 3.8) is 0 Å². The first-order chi connectivity index (χ1) is 15.6. The summed E-state index contributed by atoms with van der Waals surface area (Å²) < 4.78 is 2.49. The molecule has 0 bridgehead atoms. The van der Waals surface area contributed by atoms with Crippen LogP contribution in [0.2, 0.25) is 0 Å². The average Bonchev–Trinajstić information content (AvgIpc) is 3.20. The fourth-order valence-electron chi connectivity index (χ4n) is 3.69. The third-order valence-corrected chi connectivity index (χ3v) is 7.72. The Kier molecular flexibility index (Phi) is 5.81. The number of hydrogen-bond donors (Lipinski definition) is 0. The van der Waals surface area contributed by atoms with Gasteiger partial charge in [-0.2, -0.15) is 0 Å². The third-order valence-electron chi connectivity index (χ3n) is 5.58. The van der Waals surface area contributed by atoms with Crippen LogP contribution in [0.1, 0.15) is 29.2 Å². The Hall–Kier alpha value is -2.96. The summed E-state index contributed by atoms with van der Waals surface area (Å²) in [6, 6.07) is 20.9. The van der Waals surface area contributed by atoms with Gasteiger partial charge in [0.15, 0.2) is 5.16 Å². The van der Waals surface area contributed by atoms with Gasteiger partial charge in [-0.25, -0.2) is 9.97 Å². The van der Waals surface area contributed by atoms with Crippen LogP contribution >= 0.6 is 23.1 Å². The second kappa shape index (κ2) is 8.88. The lowest BCUT2D eigenvalue weighted by molar-refractivity contribution is 0.659. The minimum Gasteiger partial charge on any atom is -0.282 e. The monoisotopic (exact) mass is 457 g/mol. The van der Waals surface area contributed by atoms with Gasteiger partial charge in [0.1, 0.15) is 9.53 Å². The van der Waals surface area contributed by atoms with Gasteiger partial charge in [-0.1, -0.05) is 72.8 Å². The molecule has 160 valence electrons. The van der Waals surface area contributed by atoms with Crippen molar-refractivity contribution in [3.8, 4) is 0 Å². The maximum absolute atomic E-state index is 13.6. The van der Waals surface area contributed by atoms with Crippen LogP contribution in [0, 0.1) is 6.92 Å². The molecule has 0 fully saturated rings. The Morgan fingerprint density at radius 3 is 2.44 bits per heavy atom. The van der Waals surface area contributed by atoms with E-state index < -0.39 is 0 Å². The van der Waals surface area contributed by atoms with Gasteiger partial charge in [0.2, 0.25) is 0 Å². The van der Waals surface area contributed by atoms with E-state index in [9.17, 15) is 4.79 Å². The van der Waals surface area contributed by atoms with Crippen LogP contribution in [0.15, 0.2) is 76.8 Å². The molecule has 5 rings (SSSR count). The van der Waals surface area contributed by atoms with Crippen LogP contribution < -0.4 is 5.56 Å². The fourth-order valence-corrected chi connectivity index (χ4v) is 5.66. The number of aromatic nitrogens is 3. The van der Waals surface area contributed by atoms with E-state index in [1.54, 1.807) is 18.0 Å². The highest BCUT2D eigenvalue weighted by atomic mass is 32.2. The molecule has 32 heavy (non-hydrogen) atoms. The SMILES string of the molecule is CCc1ccc(Cn2c(SCc3ccc(C)cc3)nc3c(sc4ncccc43)c2=O)cc1. The highest BCUT2D eigenvalue weighted by Crippen LogP contribution is 2.31. The van der Waals surface area contributed by atoms with E-state index in [1.165, 1.54) is 28.0 Å². The van der Waals surface area contributed by atoms with Crippen LogP contribution in [0.3, 0.4) is 0 Å². The summed E-state index contributed by atoms with van der Waals surface area (Å²) in [7, 11) is 0. The molecule has 0 atom stereocenters. The second-order valence-electron chi connectivity index (χ2n) is 7.87. The number of pyridine rings is 1. The minimum atomic E-state index is 0.00368. The second-order valence-corrected chi connectivity index (χ2v) is 9.81. The highest BCUT2D eigenvalue weighted by molar-refractivity contribution is 7.98. The van der Waals surface area contributed by atoms with Gasteiger partial charge in [-0.3, -0.25) is 9.36 Å². The lowest BCUT2D eigenvalue weighted by Crippen LogP contribution is -2.23. The van der Waals surface area contributed by atoms with Crippen molar-refractivity contribution in [2.24, 2.45) is 0 Å². The zero-order valence-corrected chi connectivity index (χ0v) is 19.7.